The Morgan fingerprint density at radius 2 is 1.71 bits per heavy atom. The average Bonchev–Trinajstić information content (AvgIpc) is 3.21. The molecule has 2 aromatic rings. The predicted octanol–water partition coefficient (Wildman–Crippen LogP) is 2.71. The highest BCUT2D eigenvalue weighted by Crippen LogP contribution is 2.36. The van der Waals surface area contributed by atoms with Gasteiger partial charge in [-0.1, -0.05) is 29.8 Å². The molecule has 1 fully saturated rings. The average molecular weight is 402 g/mol. The van der Waals surface area contributed by atoms with Crippen LogP contribution in [0.3, 0.4) is 0 Å². The highest BCUT2D eigenvalue weighted by Gasteiger charge is 2.33. The Kier molecular flexibility index (Phi) is 5.69. The summed E-state index contributed by atoms with van der Waals surface area (Å²) >= 11 is 6.47. The molecule has 7 heteroatoms. The number of ether oxygens (including phenoxy) is 1. The number of morpholine rings is 1. The SMILES string of the molecule is O=C(CCC(=O)N1CCn2cccc2[C@@H]1c1ccccc1Cl)N1CCOCC1. The number of nitrogens with zero attached hydrogens (tertiary/aromatic N) is 3. The molecule has 28 heavy (non-hydrogen) atoms. The number of fused-ring (bicyclic) bond motifs is 1. The number of amides is 2. The number of halogens is 1. The van der Waals surface area contributed by atoms with E-state index in [1.54, 1.807) is 4.90 Å². The fraction of sp³-hybridized carbons (Fsp3) is 0.429. The maximum Gasteiger partial charge on any atom is 0.223 e. The highest BCUT2D eigenvalue weighted by atomic mass is 35.5. The molecule has 1 aromatic carbocycles. The minimum atomic E-state index is -0.233. The lowest BCUT2D eigenvalue weighted by Crippen LogP contribution is -2.44. The first kappa shape index (κ1) is 19.0. The van der Waals surface area contributed by atoms with E-state index in [2.05, 4.69) is 4.57 Å². The molecule has 2 aliphatic heterocycles. The van der Waals surface area contributed by atoms with E-state index < -0.39 is 0 Å². The summed E-state index contributed by atoms with van der Waals surface area (Å²) in [7, 11) is 0. The Hall–Kier alpha value is -2.31. The molecule has 4 rings (SSSR count). The zero-order valence-corrected chi connectivity index (χ0v) is 16.5. The Labute approximate surface area is 169 Å². The first-order valence-electron chi connectivity index (χ1n) is 9.69. The maximum atomic E-state index is 13.1. The molecule has 1 saturated heterocycles. The molecule has 3 heterocycles. The molecule has 2 aliphatic rings. The van der Waals surface area contributed by atoms with Crippen molar-refractivity contribution >= 4 is 23.4 Å². The van der Waals surface area contributed by atoms with Gasteiger partial charge in [0.15, 0.2) is 0 Å². The van der Waals surface area contributed by atoms with Crippen LogP contribution in [0.25, 0.3) is 0 Å². The van der Waals surface area contributed by atoms with Gasteiger partial charge in [0, 0.05) is 55.9 Å². The number of rotatable bonds is 4. The molecule has 0 spiro atoms. The Bertz CT molecular complexity index is 860. The molecule has 0 aliphatic carbocycles. The third-order valence-corrected chi connectivity index (χ3v) is 5.82. The third kappa shape index (κ3) is 3.80. The van der Waals surface area contributed by atoms with Crippen molar-refractivity contribution in [3.63, 3.8) is 0 Å². The molecular weight excluding hydrogens is 378 g/mol. The highest BCUT2D eigenvalue weighted by molar-refractivity contribution is 6.31. The van der Waals surface area contributed by atoms with Gasteiger partial charge in [-0.3, -0.25) is 9.59 Å². The van der Waals surface area contributed by atoms with Gasteiger partial charge in [0.05, 0.1) is 19.3 Å². The van der Waals surface area contributed by atoms with Crippen LogP contribution >= 0.6 is 11.6 Å². The Morgan fingerprint density at radius 1 is 0.964 bits per heavy atom. The second-order valence-electron chi connectivity index (χ2n) is 7.13. The lowest BCUT2D eigenvalue weighted by Gasteiger charge is -2.38. The van der Waals surface area contributed by atoms with Gasteiger partial charge < -0.3 is 19.1 Å². The van der Waals surface area contributed by atoms with Crippen molar-refractivity contribution in [3.8, 4) is 0 Å². The third-order valence-electron chi connectivity index (χ3n) is 5.47. The van der Waals surface area contributed by atoms with Crippen molar-refractivity contribution < 1.29 is 14.3 Å². The van der Waals surface area contributed by atoms with Crippen molar-refractivity contribution in [2.24, 2.45) is 0 Å². The predicted molar refractivity (Wildman–Crippen MR) is 106 cm³/mol. The molecule has 0 N–H and O–H groups in total. The largest absolute Gasteiger partial charge is 0.378 e. The van der Waals surface area contributed by atoms with Gasteiger partial charge in [-0.15, -0.1) is 0 Å². The standard InChI is InChI=1S/C21H24ClN3O3/c22-17-5-2-1-4-16(17)21-18-6-3-9-23(18)10-11-25(21)20(27)8-7-19(26)24-12-14-28-15-13-24/h1-6,9,21H,7-8,10-15H2/t21-/m0/s1. The molecule has 1 aromatic heterocycles. The molecule has 0 radical (unpaired) electrons. The van der Waals surface area contributed by atoms with E-state index >= 15 is 0 Å². The van der Waals surface area contributed by atoms with E-state index in [-0.39, 0.29) is 30.7 Å². The maximum absolute atomic E-state index is 13.1. The fourth-order valence-corrected chi connectivity index (χ4v) is 4.24. The van der Waals surface area contributed by atoms with Crippen LogP contribution in [0.4, 0.5) is 0 Å². The number of benzene rings is 1. The van der Waals surface area contributed by atoms with Crippen molar-refractivity contribution in [1.82, 2.24) is 14.4 Å². The van der Waals surface area contributed by atoms with Crippen LogP contribution in [0, 0.1) is 0 Å². The number of carbonyl (C=O) groups is 2. The van der Waals surface area contributed by atoms with Gasteiger partial charge in [-0.05, 0) is 23.8 Å². The van der Waals surface area contributed by atoms with E-state index in [4.69, 9.17) is 16.3 Å². The second kappa shape index (κ2) is 8.37. The number of hydrogen-bond donors (Lipinski definition) is 0. The quantitative estimate of drug-likeness (QED) is 0.791. The zero-order valence-electron chi connectivity index (χ0n) is 15.7. The second-order valence-corrected chi connectivity index (χ2v) is 7.54. The summed E-state index contributed by atoms with van der Waals surface area (Å²) in [5.74, 6) is 0.00491. The summed E-state index contributed by atoms with van der Waals surface area (Å²) in [4.78, 5) is 29.2. The molecule has 148 valence electrons. The molecule has 0 unspecified atom stereocenters. The molecule has 1 atom stereocenters. The van der Waals surface area contributed by atoms with Gasteiger partial charge in [0.2, 0.25) is 11.8 Å². The van der Waals surface area contributed by atoms with Crippen LogP contribution in [0.5, 0.6) is 0 Å². The summed E-state index contributed by atoms with van der Waals surface area (Å²) < 4.78 is 7.45. The molecule has 0 bridgehead atoms. The van der Waals surface area contributed by atoms with Crippen LogP contribution < -0.4 is 0 Å². The van der Waals surface area contributed by atoms with Gasteiger partial charge in [-0.25, -0.2) is 0 Å². The van der Waals surface area contributed by atoms with Crippen LogP contribution in [-0.2, 0) is 20.9 Å². The van der Waals surface area contributed by atoms with Crippen LogP contribution in [0.2, 0.25) is 5.02 Å². The minimum absolute atomic E-state index is 0.0148. The smallest absolute Gasteiger partial charge is 0.223 e. The number of hydrogen-bond acceptors (Lipinski definition) is 3. The topological polar surface area (TPSA) is 54.8 Å². The Morgan fingerprint density at radius 3 is 2.50 bits per heavy atom. The zero-order chi connectivity index (χ0) is 19.5. The van der Waals surface area contributed by atoms with Crippen molar-refractivity contribution in [1.29, 1.82) is 0 Å². The fourth-order valence-electron chi connectivity index (χ4n) is 4.00. The van der Waals surface area contributed by atoms with E-state index in [9.17, 15) is 9.59 Å². The monoisotopic (exact) mass is 401 g/mol. The number of aromatic nitrogens is 1. The van der Waals surface area contributed by atoms with Crippen molar-refractivity contribution in [3.05, 3.63) is 58.9 Å². The van der Waals surface area contributed by atoms with E-state index in [1.165, 1.54) is 0 Å². The normalized spacial score (nSPS) is 19.4. The lowest BCUT2D eigenvalue weighted by atomic mass is 9.99. The summed E-state index contributed by atoms with van der Waals surface area (Å²) in [6.07, 6.45) is 2.46. The summed E-state index contributed by atoms with van der Waals surface area (Å²) in [6.45, 7) is 3.68. The van der Waals surface area contributed by atoms with Gasteiger partial charge >= 0.3 is 0 Å². The summed E-state index contributed by atoms with van der Waals surface area (Å²) in [6, 6.07) is 11.4. The lowest BCUT2D eigenvalue weighted by molar-refractivity contribution is -0.140. The summed E-state index contributed by atoms with van der Waals surface area (Å²) in [5.41, 5.74) is 1.96. The Balaban J connectivity index is 1.51. The molecule has 2 amide bonds. The van der Waals surface area contributed by atoms with Gasteiger partial charge in [0.1, 0.15) is 0 Å². The van der Waals surface area contributed by atoms with Gasteiger partial charge in [-0.2, -0.15) is 0 Å². The van der Waals surface area contributed by atoms with Crippen molar-refractivity contribution in [2.75, 3.05) is 32.8 Å². The minimum Gasteiger partial charge on any atom is -0.378 e. The van der Waals surface area contributed by atoms with Crippen LogP contribution in [0.15, 0.2) is 42.6 Å². The van der Waals surface area contributed by atoms with E-state index in [0.717, 1.165) is 17.8 Å². The first-order valence-corrected chi connectivity index (χ1v) is 10.1. The van der Waals surface area contributed by atoms with Crippen molar-refractivity contribution in [2.45, 2.75) is 25.4 Å². The van der Waals surface area contributed by atoms with Crippen LogP contribution in [-0.4, -0.2) is 59.0 Å². The molecule has 6 nitrogen and oxygen atoms in total. The molecular formula is C21H24ClN3O3. The summed E-state index contributed by atoms with van der Waals surface area (Å²) in [5, 5.41) is 0.643. The van der Waals surface area contributed by atoms with Crippen LogP contribution in [0.1, 0.15) is 30.1 Å². The van der Waals surface area contributed by atoms with E-state index in [1.807, 2.05) is 47.5 Å². The van der Waals surface area contributed by atoms with E-state index in [0.29, 0.717) is 37.9 Å². The molecule has 0 saturated carbocycles. The number of carbonyl (C=O) groups excluding carboxylic acids is 2. The van der Waals surface area contributed by atoms with Gasteiger partial charge in [0.25, 0.3) is 0 Å². The first-order chi connectivity index (χ1) is 13.6.